The summed E-state index contributed by atoms with van der Waals surface area (Å²) >= 11 is 0. The smallest absolute Gasteiger partial charge is 0.0714 e. The van der Waals surface area contributed by atoms with Crippen LogP contribution in [0.4, 0.5) is 17.1 Å². The zero-order valence-corrected chi connectivity index (χ0v) is 42.6. The first-order valence-electron chi connectivity index (χ1n) is 26.6. The molecule has 8 aromatic rings. The highest BCUT2D eigenvalue weighted by Gasteiger charge is 2.46. The molecule has 0 saturated heterocycles. The van der Waals surface area contributed by atoms with Gasteiger partial charge < -0.3 is 4.90 Å². The maximum atomic E-state index is 2.55. The summed E-state index contributed by atoms with van der Waals surface area (Å²) in [6.45, 7) is 14.0. The summed E-state index contributed by atoms with van der Waals surface area (Å²) in [5, 5.41) is 0. The predicted molar refractivity (Wildman–Crippen MR) is 298 cm³/mol. The molecule has 70 heavy (non-hydrogen) atoms. The highest BCUT2D eigenvalue weighted by molar-refractivity contribution is 5.92. The third kappa shape index (κ3) is 8.54. The van der Waals surface area contributed by atoms with Crippen LogP contribution >= 0.6 is 0 Å². The molecule has 0 radical (unpaired) electrons. The van der Waals surface area contributed by atoms with E-state index in [0.29, 0.717) is 11.8 Å². The van der Waals surface area contributed by atoms with Crippen LogP contribution in [0, 0.1) is 0 Å². The van der Waals surface area contributed by atoms with Crippen LogP contribution in [0.25, 0.3) is 33.4 Å². The van der Waals surface area contributed by atoms with E-state index in [9.17, 15) is 0 Å². The van der Waals surface area contributed by atoms with Crippen LogP contribution in [0.5, 0.6) is 0 Å². The molecule has 0 N–H and O–H groups in total. The standard InChI is InChI=1S/C69H71N/c1-67(2,3)57-44-54(45-58(46-57)68(4,5)6)52-34-40-59(41-35-52)70(66-29-19-17-26-61(66)53-24-14-9-15-25-53)60-42-43-63-62-27-16-18-28-64(62)69(65(63)47-60,55-36-30-50(31-37-55)48-20-10-7-11-21-48)56-38-32-51(33-39-56)49-22-12-8-13-23-49/h9,14-19,24-49H,7-8,10-13,20-23H2,1-6H3. The summed E-state index contributed by atoms with van der Waals surface area (Å²) in [4.78, 5) is 2.52. The van der Waals surface area contributed by atoms with Crippen LogP contribution in [-0.2, 0) is 16.2 Å². The molecule has 8 aromatic carbocycles. The van der Waals surface area contributed by atoms with Crippen molar-refractivity contribution in [3.63, 3.8) is 0 Å². The summed E-state index contributed by atoms with van der Waals surface area (Å²) < 4.78 is 0. The number of anilines is 3. The van der Waals surface area contributed by atoms with Crippen molar-refractivity contribution in [1.82, 2.24) is 0 Å². The second kappa shape index (κ2) is 18.7. The van der Waals surface area contributed by atoms with E-state index in [4.69, 9.17) is 0 Å². The van der Waals surface area contributed by atoms with Crippen molar-refractivity contribution in [3.05, 3.63) is 233 Å². The predicted octanol–water partition coefficient (Wildman–Crippen LogP) is 19.5. The Morgan fingerprint density at radius 1 is 0.371 bits per heavy atom. The lowest BCUT2D eigenvalue weighted by molar-refractivity contribution is 0.443. The number of hydrogen-bond acceptors (Lipinski definition) is 1. The van der Waals surface area contributed by atoms with Crippen molar-refractivity contribution >= 4 is 17.1 Å². The van der Waals surface area contributed by atoms with Crippen LogP contribution in [0.2, 0.25) is 0 Å². The fourth-order valence-corrected chi connectivity index (χ4v) is 12.5. The van der Waals surface area contributed by atoms with Crippen molar-refractivity contribution in [2.75, 3.05) is 4.90 Å². The Bertz CT molecular complexity index is 3000. The Hall–Kier alpha value is -6.44. The highest BCUT2D eigenvalue weighted by Crippen LogP contribution is 2.58. The Kier molecular flexibility index (Phi) is 12.3. The normalized spacial score (nSPS) is 16.1. The van der Waals surface area contributed by atoms with E-state index in [0.717, 1.165) is 17.1 Å². The fourth-order valence-electron chi connectivity index (χ4n) is 12.5. The molecule has 0 aliphatic heterocycles. The Morgan fingerprint density at radius 3 is 1.41 bits per heavy atom. The molecule has 2 saturated carbocycles. The number of para-hydroxylation sites is 1. The molecule has 0 atom stereocenters. The highest BCUT2D eigenvalue weighted by atomic mass is 15.1. The minimum atomic E-state index is -0.518. The zero-order chi connectivity index (χ0) is 48.0. The topological polar surface area (TPSA) is 3.24 Å². The lowest BCUT2D eigenvalue weighted by atomic mass is 9.67. The van der Waals surface area contributed by atoms with E-state index in [1.807, 2.05) is 0 Å². The van der Waals surface area contributed by atoms with Gasteiger partial charge in [0.2, 0.25) is 0 Å². The van der Waals surface area contributed by atoms with Crippen molar-refractivity contribution < 1.29 is 0 Å². The minimum absolute atomic E-state index is 0.0329. The van der Waals surface area contributed by atoms with E-state index < -0.39 is 5.41 Å². The minimum Gasteiger partial charge on any atom is -0.310 e. The quantitative estimate of drug-likeness (QED) is 0.139. The van der Waals surface area contributed by atoms with Gasteiger partial charge in [0.15, 0.2) is 0 Å². The molecule has 1 heteroatoms. The van der Waals surface area contributed by atoms with Gasteiger partial charge in [-0.05, 0) is 151 Å². The van der Waals surface area contributed by atoms with Crippen LogP contribution in [0.3, 0.4) is 0 Å². The lowest BCUT2D eigenvalue weighted by Gasteiger charge is -2.36. The van der Waals surface area contributed by atoms with Crippen molar-refractivity contribution in [1.29, 1.82) is 0 Å². The first kappa shape index (κ1) is 46.0. The summed E-state index contributed by atoms with van der Waals surface area (Å²) in [7, 11) is 0. The average molecular weight is 914 g/mol. The van der Waals surface area contributed by atoms with E-state index in [-0.39, 0.29) is 10.8 Å². The van der Waals surface area contributed by atoms with Gasteiger partial charge in [-0.25, -0.2) is 0 Å². The molecule has 0 amide bonds. The molecule has 0 bridgehead atoms. The van der Waals surface area contributed by atoms with Crippen molar-refractivity contribution in [3.8, 4) is 33.4 Å². The summed E-state index contributed by atoms with van der Waals surface area (Å²) in [6, 6.07) is 73.1. The van der Waals surface area contributed by atoms with Gasteiger partial charge in [0.1, 0.15) is 0 Å². The van der Waals surface area contributed by atoms with E-state index in [1.54, 1.807) is 0 Å². The molecular weight excluding hydrogens is 843 g/mol. The SMILES string of the molecule is CC(C)(C)c1cc(-c2ccc(N(c3ccc4c(c3)C(c3ccc(C5CCCCC5)cc3)(c3ccc(C5CCCCC5)cc3)c3ccccc3-4)c3ccccc3-c3ccccc3)cc2)cc(C(C)(C)C)c1. The molecular formula is C69H71N. The first-order chi connectivity index (χ1) is 34.0. The van der Waals surface area contributed by atoms with Crippen LogP contribution in [0.1, 0.15) is 162 Å². The van der Waals surface area contributed by atoms with Gasteiger partial charge in [-0.2, -0.15) is 0 Å². The van der Waals surface area contributed by atoms with Crippen molar-refractivity contribution in [2.24, 2.45) is 0 Å². The largest absolute Gasteiger partial charge is 0.310 e. The van der Waals surface area contributed by atoms with Gasteiger partial charge in [-0.15, -0.1) is 0 Å². The van der Waals surface area contributed by atoms with Gasteiger partial charge in [0.25, 0.3) is 0 Å². The maximum absolute atomic E-state index is 2.55. The fraction of sp³-hybridized carbons (Fsp3) is 0.304. The Morgan fingerprint density at radius 2 is 0.857 bits per heavy atom. The average Bonchev–Trinajstić information content (AvgIpc) is 3.69. The maximum Gasteiger partial charge on any atom is 0.0714 e. The monoisotopic (exact) mass is 914 g/mol. The number of fused-ring (bicyclic) bond motifs is 3. The third-order valence-electron chi connectivity index (χ3n) is 16.5. The van der Waals surface area contributed by atoms with Crippen LogP contribution in [0.15, 0.2) is 188 Å². The molecule has 3 aliphatic rings. The molecule has 1 nitrogen and oxygen atoms in total. The summed E-state index contributed by atoms with van der Waals surface area (Å²) in [6.07, 6.45) is 13.3. The van der Waals surface area contributed by atoms with Gasteiger partial charge in [-0.1, -0.05) is 238 Å². The van der Waals surface area contributed by atoms with Gasteiger partial charge in [0, 0.05) is 16.9 Å². The van der Waals surface area contributed by atoms with Gasteiger partial charge >= 0.3 is 0 Å². The molecule has 0 heterocycles. The molecule has 0 unspecified atom stereocenters. The number of rotatable bonds is 9. The van der Waals surface area contributed by atoms with Crippen molar-refractivity contribution in [2.45, 2.75) is 134 Å². The molecule has 3 aliphatic carbocycles. The van der Waals surface area contributed by atoms with E-state index in [1.165, 1.54) is 142 Å². The van der Waals surface area contributed by atoms with Gasteiger partial charge in [-0.3, -0.25) is 0 Å². The number of hydrogen-bond donors (Lipinski definition) is 0. The Balaban J connectivity index is 1.11. The second-order valence-corrected chi connectivity index (χ2v) is 23.0. The zero-order valence-electron chi connectivity index (χ0n) is 42.6. The molecule has 2 fully saturated rings. The van der Waals surface area contributed by atoms with E-state index in [2.05, 4.69) is 234 Å². The second-order valence-electron chi connectivity index (χ2n) is 23.0. The lowest BCUT2D eigenvalue weighted by Crippen LogP contribution is -2.29. The molecule has 0 aromatic heterocycles. The molecule has 11 rings (SSSR count). The van der Waals surface area contributed by atoms with Gasteiger partial charge in [0.05, 0.1) is 11.1 Å². The number of nitrogens with zero attached hydrogens (tertiary/aromatic N) is 1. The molecule has 0 spiro atoms. The Labute approximate surface area is 419 Å². The molecule has 352 valence electrons. The number of benzene rings is 8. The summed E-state index contributed by atoms with van der Waals surface area (Å²) in [5.41, 5.74) is 21.6. The third-order valence-corrected chi connectivity index (χ3v) is 16.5. The van der Waals surface area contributed by atoms with Crippen LogP contribution in [-0.4, -0.2) is 0 Å². The van der Waals surface area contributed by atoms with E-state index >= 15 is 0 Å². The summed E-state index contributed by atoms with van der Waals surface area (Å²) in [5.74, 6) is 1.30. The first-order valence-corrected chi connectivity index (χ1v) is 26.6. The van der Waals surface area contributed by atoms with Crippen LogP contribution < -0.4 is 4.90 Å².